The summed E-state index contributed by atoms with van der Waals surface area (Å²) in [7, 11) is 0. The van der Waals surface area contributed by atoms with E-state index < -0.39 is 0 Å². The second-order valence-corrected chi connectivity index (χ2v) is 10.0. The fourth-order valence-corrected chi connectivity index (χ4v) is 5.02. The molecule has 0 N–H and O–H groups in total. The van der Waals surface area contributed by atoms with Crippen molar-refractivity contribution in [3.8, 4) is 17.1 Å². The van der Waals surface area contributed by atoms with Gasteiger partial charge in [-0.25, -0.2) is 9.37 Å². The average Bonchev–Trinajstić information content (AvgIpc) is 3.43. The maximum atomic E-state index is 14.9. The van der Waals surface area contributed by atoms with Gasteiger partial charge in [0.05, 0.1) is 29.4 Å². The molecule has 1 aromatic heterocycles. The number of benzene rings is 3. The summed E-state index contributed by atoms with van der Waals surface area (Å²) in [5.74, 6) is 1.18. The van der Waals surface area contributed by atoms with Gasteiger partial charge < -0.3 is 9.64 Å². The molecule has 0 saturated carbocycles. The number of hydrogen-bond donors (Lipinski definition) is 0. The minimum absolute atomic E-state index is 0.206. The minimum Gasteiger partial charge on any atom is -0.494 e. The van der Waals surface area contributed by atoms with Gasteiger partial charge in [0.2, 0.25) is 0 Å². The Morgan fingerprint density at radius 1 is 1.11 bits per heavy atom. The number of fused-ring (bicyclic) bond motifs is 1. The second kappa shape index (κ2) is 10.8. The summed E-state index contributed by atoms with van der Waals surface area (Å²) >= 11 is 0. The van der Waals surface area contributed by atoms with Crippen LogP contribution in [-0.2, 0) is 0 Å². The van der Waals surface area contributed by atoms with Crippen molar-refractivity contribution in [1.82, 2.24) is 9.66 Å². The highest BCUT2D eigenvalue weighted by atomic mass is 19.1. The van der Waals surface area contributed by atoms with E-state index in [1.165, 1.54) is 17.0 Å². The SMILES string of the molecule is CCOc1cc(C)c(-c2nc3ccccc3c(=O)n2N=Cc2ccc(N3CCCC3)c(F)c2)cc1C(C)C. The van der Waals surface area contributed by atoms with E-state index >= 15 is 0 Å². The van der Waals surface area contributed by atoms with Crippen LogP contribution in [0.4, 0.5) is 10.1 Å². The van der Waals surface area contributed by atoms with Crippen LogP contribution >= 0.6 is 0 Å². The number of ether oxygens (including phenoxy) is 1. The molecule has 0 radical (unpaired) electrons. The topological polar surface area (TPSA) is 59.7 Å². The normalized spacial score (nSPS) is 13.8. The molecule has 0 unspecified atom stereocenters. The summed E-state index contributed by atoms with van der Waals surface area (Å²) in [5.41, 5.74) is 4.25. The van der Waals surface area contributed by atoms with Gasteiger partial charge in [-0.2, -0.15) is 9.78 Å². The van der Waals surface area contributed by atoms with Gasteiger partial charge in [0.25, 0.3) is 5.56 Å². The molecule has 6 nitrogen and oxygen atoms in total. The van der Waals surface area contributed by atoms with Gasteiger partial charge in [-0.3, -0.25) is 4.79 Å². The van der Waals surface area contributed by atoms with Gasteiger partial charge in [0.15, 0.2) is 5.82 Å². The fraction of sp³-hybridized carbons (Fsp3) is 0.323. The van der Waals surface area contributed by atoms with E-state index in [0.717, 1.165) is 48.4 Å². The molecule has 196 valence electrons. The molecule has 3 aromatic carbocycles. The number of aromatic nitrogens is 2. The molecule has 1 aliphatic rings. The summed E-state index contributed by atoms with van der Waals surface area (Å²) in [5, 5.41) is 5.02. The molecule has 0 atom stereocenters. The summed E-state index contributed by atoms with van der Waals surface area (Å²) in [6.45, 7) is 10.5. The van der Waals surface area contributed by atoms with Gasteiger partial charge in [-0.15, -0.1) is 0 Å². The van der Waals surface area contributed by atoms with Crippen molar-refractivity contribution in [2.24, 2.45) is 5.10 Å². The van der Waals surface area contributed by atoms with Crippen LogP contribution in [0.25, 0.3) is 22.3 Å². The van der Waals surface area contributed by atoms with Crippen LogP contribution in [0.3, 0.4) is 0 Å². The van der Waals surface area contributed by atoms with E-state index in [-0.39, 0.29) is 17.3 Å². The molecule has 1 fully saturated rings. The lowest BCUT2D eigenvalue weighted by molar-refractivity contribution is 0.335. The van der Waals surface area contributed by atoms with Gasteiger partial charge in [0, 0.05) is 18.7 Å². The monoisotopic (exact) mass is 512 g/mol. The maximum absolute atomic E-state index is 14.9. The van der Waals surface area contributed by atoms with Gasteiger partial charge in [-0.05, 0) is 85.7 Å². The van der Waals surface area contributed by atoms with E-state index in [2.05, 4.69) is 23.8 Å². The predicted octanol–water partition coefficient (Wildman–Crippen LogP) is 6.52. The number of halogens is 1. The molecule has 0 bridgehead atoms. The molecule has 4 aromatic rings. The lowest BCUT2D eigenvalue weighted by Gasteiger charge is -2.18. The Bertz CT molecular complexity index is 1570. The Hall–Kier alpha value is -4.00. The predicted molar refractivity (Wildman–Crippen MR) is 152 cm³/mol. The first-order valence-corrected chi connectivity index (χ1v) is 13.3. The van der Waals surface area contributed by atoms with Crippen LogP contribution in [0.15, 0.2) is 64.5 Å². The molecule has 38 heavy (non-hydrogen) atoms. The highest BCUT2D eigenvalue weighted by Gasteiger charge is 2.19. The van der Waals surface area contributed by atoms with E-state index in [9.17, 15) is 9.18 Å². The molecule has 7 heteroatoms. The van der Waals surface area contributed by atoms with Gasteiger partial charge >= 0.3 is 0 Å². The molecule has 1 aliphatic heterocycles. The summed E-state index contributed by atoms with van der Waals surface area (Å²) in [6, 6.07) is 16.4. The van der Waals surface area contributed by atoms with Gasteiger partial charge in [-0.1, -0.05) is 32.0 Å². The van der Waals surface area contributed by atoms with Crippen LogP contribution in [0.5, 0.6) is 5.75 Å². The van der Waals surface area contributed by atoms with Crippen LogP contribution in [-0.4, -0.2) is 35.6 Å². The number of para-hydroxylation sites is 1. The van der Waals surface area contributed by atoms with Crippen molar-refractivity contribution in [3.05, 3.63) is 87.5 Å². The number of aryl methyl sites for hydroxylation is 1. The number of hydrogen-bond acceptors (Lipinski definition) is 5. The largest absolute Gasteiger partial charge is 0.494 e. The third-order valence-corrected chi connectivity index (χ3v) is 7.01. The zero-order chi connectivity index (χ0) is 26.8. The average molecular weight is 513 g/mol. The summed E-state index contributed by atoms with van der Waals surface area (Å²) in [6.07, 6.45) is 3.67. The van der Waals surface area contributed by atoms with Crippen molar-refractivity contribution in [3.63, 3.8) is 0 Å². The zero-order valence-corrected chi connectivity index (χ0v) is 22.4. The second-order valence-electron chi connectivity index (χ2n) is 10.0. The van der Waals surface area contributed by atoms with Crippen LogP contribution in [0, 0.1) is 12.7 Å². The maximum Gasteiger partial charge on any atom is 0.282 e. The van der Waals surface area contributed by atoms with Crippen molar-refractivity contribution < 1.29 is 9.13 Å². The smallest absolute Gasteiger partial charge is 0.282 e. The lowest BCUT2D eigenvalue weighted by atomic mass is 9.96. The third kappa shape index (κ3) is 4.93. The standard InChI is InChI=1S/C31H33FN4O2/c1-5-38-29-16-21(4)25(18-24(29)20(2)3)30-34-27-11-7-6-10-23(27)31(37)36(30)33-19-22-12-13-28(26(32)17-22)35-14-8-9-15-35/h6-7,10-13,16-20H,5,8-9,14-15H2,1-4H3. The summed E-state index contributed by atoms with van der Waals surface area (Å²) < 4.78 is 22.2. The number of nitrogens with zero attached hydrogens (tertiary/aromatic N) is 4. The molecule has 1 saturated heterocycles. The number of rotatable bonds is 7. The first kappa shape index (κ1) is 25.6. The van der Waals surface area contributed by atoms with E-state index in [1.807, 2.05) is 50.2 Å². The van der Waals surface area contributed by atoms with Crippen molar-refractivity contribution in [2.45, 2.75) is 46.5 Å². The Morgan fingerprint density at radius 2 is 1.87 bits per heavy atom. The minimum atomic E-state index is -0.288. The molecule has 2 heterocycles. The highest BCUT2D eigenvalue weighted by Crippen LogP contribution is 2.34. The molecule has 0 spiro atoms. The molecule has 0 aliphatic carbocycles. The fourth-order valence-electron chi connectivity index (χ4n) is 5.02. The van der Waals surface area contributed by atoms with E-state index in [1.54, 1.807) is 12.1 Å². The first-order valence-electron chi connectivity index (χ1n) is 13.3. The van der Waals surface area contributed by atoms with Gasteiger partial charge in [0.1, 0.15) is 11.6 Å². The van der Waals surface area contributed by atoms with Crippen molar-refractivity contribution >= 4 is 22.8 Å². The molecule has 0 amide bonds. The quantitative estimate of drug-likeness (QED) is 0.265. The van der Waals surface area contributed by atoms with Crippen LogP contribution in [0.1, 0.15) is 56.2 Å². The Kier molecular flexibility index (Phi) is 7.27. The zero-order valence-electron chi connectivity index (χ0n) is 22.4. The molecular weight excluding hydrogens is 479 g/mol. The molecule has 5 rings (SSSR count). The van der Waals surface area contributed by atoms with Crippen molar-refractivity contribution in [1.29, 1.82) is 0 Å². The Balaban J connectivity index is 1.64. The van der Waals surface area contributed by atoms with Crippen molar-refractivity contribution in [2.75, 3.05) is 24.6 Å². The van der Waals surface area contributed by atoms with E-state index in [0.29, 0.717) is 34.6 Å². The third-order valence-electron chi connectivity index (χ3n) is 7.01. The van der Waals surface area contributed by atoms with Crippen LogP contribution < -0.4 is 15.2 Å². The van der Waals surface area contributed by atoms with Crippen LogP contribution in [0.2, 0.25) is 0 Å². The molecular formula is C31H33FN4O2. The Morgan fingerprint density at radius 3 is 2.58 bits per heavy atom. The highest BCUT2D eigenvalue weighted by molar-refractivity contribution is 5.83. The lowest BCUT2D eigenvalue weighted by Crippen LogP contribution is -2.21. The van der Waals surface area contributed by atoms with E-state index in [4.69, 9.17) is 9.72 Å². The number of anilines is 1. The first-order chi connectivity index (χ1) is 18.4. The summed E-state index contributed by atoms with van der Waals surface area (Å²) in [4.78, 5) is 20.6. The Labute approximate surface area is 222 Å².